The number of rotatable bonds is 6. The second-order valence-corrected chi connectivity index (χ2v) is 8.63. The molecule has 4 rings (SSSR count). The summed E-state index contributed by atoms with van der Waals surface area (Å²) >= 11 is 6.02. The van der Waals surface area contributed by atoms with E-state index in [1.54, 1.807) is 49.4 Å². The molecule has 0 aliphatic heterocycles. The molecule has 2 amide bonds. The number of carbonyl (C=O) groups is 2. The second-order valence-electron chi connectivity index (χ2n) is 8.19. The highest BCUT2D eigenvalue weighted by Crippen LogP contribution is 2.33. The van der Waals surface area contributed by atoms with Crippen molar-refractivity contribution < 1.29 is 22.8 Å². The fourth-order valence-electron chi connectivity index (χ4n) is 3.60. The van der Waals surface area contributed by atoms with E-state index in [-0.39, 0.29) is 17.2 Å². The molecule has 190 valence electrons. The number of pyridine rings is 1. The average Bonchev–Trinajstić information content (AvgIpc) is 3.34. The van der Waals surface area contributed by atoms with Crippen molar-refractivity contribution in [3.63, 3.8) is 0 Å². The molecule has 0 aliphatic rings. The summed E-state index contributed by atoms with van der Waals surface area (Å²) < 4.78 is 41.4. The molecule has 37 heavy (non-hydrogen) atoms. The van der Waals surface area contributed by atoms with Gasteiger partial charge in [0, 0.05) is 30.0 Å². The maximum absolute atomic E-state index is 13.5. The van der Waals surface area contributed by atoms with Gasteiger partial charge in [-0.3, -0.25) is 19.5 Å². The van der Waals surface area contributed by atoms with Gasteiger partial charge in [-0.25, -0.2) is 4.68 Å². The minimum atomic E-state index is -4.71. The summed E-state index contributed by atoms with van der Waals surface area (Å²) in [5, 5.41) is 6.70. The van der Waals surface area contributed by atoms with E-state index in [0.717, 1.165) is 15.6 Å². The number of amides is 2. The number of benzene rings is 2. The molecule has 2 aromatic heterocycles. The first-order chi connectivity index (χ1) is 17.5. The molecule has 4 aromatic rings. The van der Waals surface area contributed by atoms with E-state index in [2.05, 4.69) is 15.4 Å². The first-order valence-corrected chi connectivity index (χ1v) is 11.5. The van der Waals surface area contributed by atoms with E-state index in [4.69, 9.17) is 11.6 Å². The van der Waals surface area contributed by atoms with Crippen LogP contribution in [0.15, 0.2) is 79.0 Å². The summed E-state index contributed by atoms with van der Waals surface area (Å²) in [6, 6.07) is 18.9. The Labute approximate surface area is 215 Å². The molecular weight excluding hydrogens is 507 g/mol. The monoisotopic (exact) mass is 527 g/mol. The minimum absolute atomic E-state index is 0.0849. The number of hydrogen-bond donors (Lipinski definition) is 1. The van der Waals surface area contributed by atoms with Crippen molar-refractivity contribution in [1.82, 2.24) is 14.8 Å². The Hall–Kier alpha value is -4.18. The number of para-hydroxylation sites is 1. The number of nitrogens with one attached hydrogen (secondary N) is 1. The highest BCUT2D eigenvalue weighted by molar-refractivity contribution is 6.30. The van der Waals surface area contributed by atoms with Gasteiger partial charge in [0.05, 0.1) is 11.6 Å². The SMILES string of the molecule is CC(C(=O)N(C)c1cc(C(F)(F)F)nn1-c1cccc(Cl)c1)c1ccc(C(=O)Nc2ccccc2)nc1. The minimum Gasteiger partial charge on any atom is -0.321 e. The van der Waals surface area contributed by atoms with Crippen LogP contribution in [0, 0.1) is 0 Å². The third kappa shape index (κ3) is 5.80. The van der Waals surface area contributed by atoms with Crippen LogP contribution in [0.2, 0.25) is 5.02 Å². The summed E-state index contributed by atoms with van der Waals surface area (Å²) in [5.74, 6) is -1.78. The van der Waals surface area contributed by atoms with Crippen LogP contribution in [0.5, 0.6) is 0 Å². The molecule has 0 radical (unpaired) electrons. The van der Waals surface area contributed by atoms with E-state index in [9.17, 15) is 22.8 Å². The fourth-order valence-corrected chi connectivity index (χ4v) is 3.79. The Morgan fingerprint density at radius 1 is 1.03 bits per heavy atom. The number of carbonyl (C=O) groups excluding carboxylic acids is 2. The summed E-state index contributed by atoms with van der Waals surface area (Å²) in [7, 11) is 1.37. The number of alkyl halides is 3. The van der Waals surface area contributed by atoms with Gasteiger partial charge in [-0.05, 0) is 48.9 Å². The number of hydrogen-bond acceptors (Lipinski definition) is 4. The number of anilines is 2. The summed E-state index contributed by atoms with van der Waals surface area (Å²) in [5.41, 5.74) is 0.358. The Balaban J connectivity index is 1.57. The van der Waals surface area contributed by atoms with Gasteiger partial charge >= 0.3 is 6.18 Å². The molecule has 0 saturated carbocycles. The standard InChI is InChI=1S/C26H21ClF3N5O2/c1-16(17-11-12-21(31-15-17)24(36)32-19-8-4-3-5-9-19)25(37)34(2)23-14-22(26(28,29)30)33-35(23)20-10-6-7-18(27)13-20/h3-16H,1-2H3,(H,32,36). The molecular formula is C26H21ClF3N5O2. The van der Waals surface area contributed by atoms with E-state index < -0.39 is 29.6 Å². The van der Waals surface area contributed by atoms with Crippen LogP contribution in [0.3, 0.4) is 0 Å². The molecule has 7 nitrogen and oxygen atoms in total. The van der Waals surface area contributed by atoms with E-state index >= 15 is 0 Å². The van der Waals surface area contributed by atoms with Crippen LogP contribution >= 0.6 is 11.6 Å². The molecule has 11 heteroatoms. The summed E-state index contributed by atoms with van der Waals surface area (Å²) in [4.78, 5) is 31.0. The Morgan fingerprint density at radius 2 is 1.76 bits per heavy atom. The third-order valence-electron chi connectivity index (χ3n) is 5.63. The van der Waals surface area contributed by atoms with Crippen LogP contribution in [-0.4, -0.2) is 33.6 Å². The predicted octanol–water partition coefficient (Wildman–Crippen LogP) is 5.96. The number of halogens is 4. The summed E-state index contributed by atoms with van der Waals surface area (Å²) in [6.07, 6.45) is -3.32. The molecule has 1 atom stereocenters. The van der Waals surface area contributed by atoms with Gasteiger partial charge < -0.3 is 5.32 Å². The van der Waals surface area contributed by atoms with Crippen LogP contribution < -0.4 is 10.2 Å². The first-order valence-electron chi connectivity index (χ1n) is 11.1. The predicted molar refractivity (Wildman–Crippen MR) is 134 cm³/mol. The van der Waals surface area contributed by atoms with Crippen molar-refractivity contribution in [2.45, 2.75) is 19.0 Å². The molecule has 0 spiro atoms. The van der Waals surface area contributed by atoms with Gasteiger partial charge in [0.1, 0.15) is 11.5 Å². The number of aromatic nitrogens is 3. The number of nitrogens with zero attached hydrogens (tertiary/aromatic N) is 4. The topological polar surface area (TPSA) is 80.1 Å². The van der Waals surface area contributed by atoms with Gasteiger partial charge in [0.25, 0.3) is 5.91 Å². The fraction of sp³-hybridized carbons (Fsp3) is 0.154. The molecule has 1 unspecified atom stereocenters. The lowest BCUT2D eigenvalue weighted by atomic mass is 10.0. The van der Waals surface area contributed by atoms with E-state index in [1.165, 1.54) is 31.4 Å². The van der Waals surface area contributed by atoms with Crippen molar-refractivity contribution in [1.29, 1.82) is 0 Å². The van der Waals surface area contributed by atoms with Crippen LogP contribution in [0.25, 0.3) is 5.69 Å². The van der Waals surface area contributed by atoms with E-state index in [1.807, 2.05) is 6.07 Å². The van der Waals surface area contributed by atoms with Crippen molar-refractivity contribution in [3.05, 3.63) is 101 Å². The molecule has 0 fully saturated rings. The number of likely N-dealkylation sites (N-methyl/N-ethyl adjacent to an activating group) is 1. The van der Waals surface area contributed by atoms with Crippen molar-refractivity contribution in [2.24, 2.45) is 0 Å². The zero-order chi connectivity index (χ0) is 26.7. The van der Waals surface area contributed by atoms with E-state index in [0.29, 0.717) is 16.3 Å². The molecule has 0 aliphatic carbocycles. The van der Waals surface area contributed by atoms with Crippen molar-refractivity contribution >= 4 is 34.9 Å². The maximum atomic E-state index is 13.5. The van der Waals surface area contributed by atoms with Gasteiger partial charge in [0.15, 0.2) is 5.69 Å². The van der Waals surface area contributed by atoms with Crippen molar-refractivity contribution in [3.8, 4) is 5.69 Å². The summed E-state index contributed by atoms with van der Waals surface area (Å²) in [6.45, 7) is 1.60. The zero-order valence-corrected chi connectivity index (χ0v) is 20.5. The van der Waals surface area contributed by atoms with Gasteiger partial charge in [-0.15, -0.1) is 0 Å². The van der Waals surface area contributed by atoms with Gasteiger partial charge in [0.2, 0.25) is 5.91 Å². The Morgan fingerprint density at radius 3 is 2.38 bits per heavy atom. The lowest BCUT2D eigenvalue weighted by Gasteiger charge is -2.22. The highest BCUT2D eigenvalue weighted by atomic mass is 35.5. The third-order valence-corrected chi connectivity index (χ3v) is 5.86. The van der Waals surface area contributed by atoms with Gasteiger partial charge in [-0.1, -0.05) is 41.9 Å². The van der Waals surface area contributed by atoms with Crippen LogP contribution in [-0.2, 0) is 11.0 Å². The van der Waals surface area contributed by atoms with Gasteiger partial charge in [-0.2, -0.15) is 18.3 Å². The second kappa shape index (κ2) is 10.4. The smallest absolute Gasteiger partial charge is 0.321 e. The highest BCUT2D eigenvalue weighted by Gasteiger charge is 2.36. The first kappa shape index (κ1) is 25.9. The quantitative estimate of drug-likeness (QED) is 0.335. The molecule has 2 aromatic carbocycles. The molecule has 0 saturated heterocycles. The molecule has 2 heterocycles. The average molecular weight is 528 g/mol. The molecule has 0 bridgehead atoms. The Bertz CT molecular complexity index is 1420. The molecule has 1 N–H and O–H groups in total. The zero-order valence-electron chi connectivity index (χ0n) is 19.7. The normalized spacial score (nSPS) is 12.2. The lowest BCUT2D eigenvalue weighted by Crippen LogP contribution is -2.32. The Kier molecular flexibility index (Phi) is 7.30. The van der Waals surface area contributed by atoms with Crippen LogP contribution in [0.4, 0.5) is 24.7 Å². The van der Waals surface area contributed by atoms with Crippen LogP contribution in [0.1, 0.15) is 34.6 Å². The lowest BCUT2D eigenvalue weighted by molar-refractivity contribution is -0.141. The van der Waals surface area contributed by atoms with Crippen molar-refractivity contribution in [2.75, 3.05) is 17.3 Å². The largest absolute Gasteiger partial charge is 0.435 e. The maximum Gasteiger partial charge on any atom is 0.435 e.